The molecule has 0 amide bonds. The molecule has 0 aliphatic heterocycles. The number of imidazole rings is 1. The first-order valence-electron chi connectivity index (χ1n) is 9.68. The Balaban J connectivity index is 1.49. The number of fused-ring (bicyclic) bond motifs is 4. The molecule has 0 saturated heterocycles. The van der Waals surface area contributed by atoms with Crippen molar-refractivity contribution in [1.29, 1.82) is 0 Å². The lowest BCUT2D eigenvalue weighted by molar-refractivity contribution is 0.475. The number of aliphatic imine (C=N–C) groups is 1. The first-order chi connectivity index (χ1) is 15.2. The normalized spacial score (nSPS) is 11.9. The topological polar surface area (TPSA) is 104 Å². The molecular weight excluding hydrogens is 390 g/mol. The molecule has 0 fully saturated rings. The van der Waals surface area contributed by atoms with E-state index in [9.17, 15) is 5.11 Å². The summed E-state index contributed by atoms with van der Waals surface area (Å²) in [6.07, 6.45) is 1.73. The summed E-state index contributed by atoms with van der Waals surface area (Å²) in [6, 6.07) is 22.7. The van der Waals surface area contributed by atoms with Gasteiger partial charge in [-0.3, -0.25) is 4.99 Å². The van der Waals surface area contributed by atoms with E-state index in [1.807, 2.05) is 42.5 Å². The zero-order valence-corrected chi connectivity index (χ0v) is 16.1. The van der Waals surface area contributed by atoms with Gasteiger partial charge in [0.15, 0.2) is 5.65 Å². The van der Waals surface area contributed by atoms with Gasteiger partial charge in [-0.2, -0.15) is 4.52 Å². The van der Waals surface area contributed by atoms with Crippen molar-refractivity contribution >= 4 is 39.5 Å². The number of hydrogen-bond acceptors (Lipinski definition) is 6. The Morgan fingerprint density at radius 3 is 2.71 bits per heavy atom. The zero-order chi connectivity index (χ0) is 20.8. The predicted molar refractivity (Wildman–Crippen MR) is 119 cm³/mol. The smallest absolute Gasteiger partial charge is 0.188 e. The highest BCUT2D eigenvalue weighted by Crippen LogP contribution is 2.26. The molecule has 0 atom stereocenters. The molecule has 0 bridgehead atoms. The third kappa shape index (κ3) is 2.98. The fourth-order valence-electron chi connectivity index (χ4n) is 3.64. The van der Waals surface area contributed by atoms with Gasteiger partial charge in [-0.1, -0.05) is 12.1 Å². The van der Waals surface area contributed by atoms with Crippen molar-refractivity contribution in [3.8, 4) is 17.1 Å². The van der Waals surface area contributed by atoms with Crippen molar-refractivity contribution < 1.29 is 5.11 Å². The lowest BCUT2D eigenvalue weighted by Crippen LogP contribution is -1.96. The highest BCUT2D eigenvalue weighted by molar-refractivity contribution is 5.97. The van der Waals surface area contributed by atoms with Crippen molar-refractivity contribution in [2.24, 2.45) is 4.99 Å². The quantitative estimate of drug-likeness (QED) is 0.428. The summed E-state index contributed by atoms with van der Waals surface area (Å²) in [7, 11) is 0. The molecule has 6 aromatic rings. The van der Waals surface area contributed by atoms with Crippen molar-refractivity contribution in [3.63, 3.8) is 0 Å². The Morgan fingerprint density at radius 1 is 0.968 bits per heavy atom. The molecule has 0 saturated carbocycles. The van der Waals surface area contributed by atoms with E-state index < -0.39 is 0 Å². The number of para-hydroxylation sites is 2. The van der Waals surface area contributed by atoms with Crippen LogP contribution >= 0.6 is 0 Å². The molecule has 3 aromatic heterocycles. The minimum Gasteiger partial charge on any atom is -0.508 e. The van der Waals surface area contributed by atoms with Gasteiger partial charge in [0.2, 0.25) is 0 Å². The SMILES string of the molecule is Oc1ccc(N=Cc2cc3cc(-c4nc5ccccc5[nH]4)ccc3n3nnnc23)cc1. The van der Waals surface area contributed by atoms with Crippen molar-refractivity contribution in [2.45, 2.75) is 0 Å². The van der Waals surface area contributed by atoms with Gasteiger partial charge in [0.1, 0.15) is 11.6 Å². The maximum atomic E-state index is 9.45. The highest BCUT2D eigenvalue weighted by Gasteiger charge is 2.11. The van der Waals surface area contributed by atoms with Gasteiger partial charge in [-0.05, 0) is 71.1 Å². The van der Waals surface area contributed by atoms with Crippen LogP contribution in [0.3, 0.4) is 0 Å². The number of nitrogens with one attached hydrogen (secondary N) is 1. The molecule has 0 spiro atoms. The molecule has 3 aromatic carbocycles. The second kappa shape index (κ2) is 6.74. The van der Waals surface area contributed by atoms with E-state index in [4.69, 9.17) is 4.98 Å². The Morgan fingerprint density at radius 2 is 1.84 bits per heavy atom. The van der Waals surface area contributed by atoms with Crippen LogP contribution in [-0.2, 0) is 0 Å². The van der Waals surface area contributed by atoms with Gasteiger partial charge < -0.3 is 10.1 Å². The number of benzene rings is 3. The van der Waals surface area contributed by atoms with E-state index in [2.05, 4.69) is 31.6 Å². The first kappa shape index (κ1) is 17.3. The largest absolute Gasteiger partial charge is 0.508 e. The number of hydrogen-bond donors (Lipinski definition) is 2. The molecule has 2 N–H and O–H groups in total. The standard InChI is InChI=1S/C23H15N7O/c31-18-8-6-17(7-9-18)24-13-16-12-15-11-14(5-10-21(15)30-23(16)27-28-29-30)22-25-19-3-1-2-4-20(19)26-22/h1-13,31H,(H,25,26). The van der Waals surface area contributed by atoms with Gasteiger partial charge in [0.05, 0.1) is 22.2 Å². The average Bonchev–Trinajstić information content (AvgIpc) is 3.46. The third-order valence-electron chi connectivity index (χ3n) is 5.16. The fraction of sp³-hybridized carbons (Fsp3) is 0. The van der Waals surface area contributed by atoms with Gasteiger partial charge >= 0.3 is 0 Å². The third-order valence-corrected chi connectivity index (χ3v) is 5.16. The summed E-state index contributed by atoms with van der Waals surface area (Å²) < 4.78 is 1.70. The number of rotatable bonds is 3. The number of nitrogens with zero attached hydrogens (tertiary/aromatic N) is 6. The predicted octanol–water partition coefficient (Wildman–Crippen LogP) is 4.28. The number of aromatic amines is 1. The number of aromatic hydroxyl groups is 1. The Bertz CT molecular complexity index is 1560. The van der Waals surface area contributed by atoms with Gasteiger partial charge in [0, 0.05) is 22.7 Å². The Hall–Kier alpha value is -4.59. The molecule has 0 unspecified atom stereocenters. The summed E-state index contributed by atoms with van der Waals surface area (Å²) in [4.78, 5) is 12.6. The minimum atomic E-state index is 0.201. The van der Waals surface area contributed by atoms with Crippen LogP contribution in [0, 0.1) is 0 Å². The van der Waals surface area contributed by atoms with Crippen LogP contribution in [0.5, 0.6) is 5.75 Å². The Kier molecular flexibility index (Phi) is 3.76. The molecule has 148 valence electrons. The second-order valence-electron chi connectivity index (χ2n) is 7.16. The molecule has 8 nitrogen and oxygen atoms in total. The molecule has 0 aliphatic rings. The lowest BCUT2D eigenvalue weighted by Gasteiger charge is -2.05. The fourth-order valence-corrected chi connectivity index (χ4v) is 3.64. The van der Waals surface area contributed by atoms with Crippen LogP contribution in [0.15, 0.2) is 77.8 Å². The van der Waals surface area contributed by atoms with Crippen LogP contribution in [0.4, 0.5) is 5.69 Å². The number of phenols is 1. The number of aromatic nitrogens is 6. The number of tetrazole rings is 1. The number of pyridine rings is 1. The van der Waals surface area contributed by atoms with Crippen molar-refractivity contribution in [2.75, 3.05) is 0 Å². The zero-order valence-electron chi connectivity index (χ0n) is 16.1. The number of phenolic OH excluding ortho intramolecular Hbond substituents is 1. The molecule has 3 heterocycles. The van der Waals surface area contributed by atoms with E-state index in [0.29, 0.717) is 5.65 Å². The van der Waals surface area contributed by atoms with Crippen molar-refractivity contribution in [3.05, 3.63) is 78.4 Å². The van der Waals surface area contributed by atoms with E-state index in [-0.39, 0.29) is 5.75 Å². The van der Waals surface area contributed by atoms with Gasteiger partial charge in [-0.25, -0.2) is 4.98 Å². The maximum absolute atomic E-state index is 9.45. The number of H-pyrrole nitrogens is 1. The summed E-state index contributed by atoms with van der Waals surface area (Å²) in [5.41, 5.74) is 5.91. The molecule has 0 radical (unpaired) electrons. The summed E-state index contributed by atoms with van der Waals surface area (Å²) >= 11 is 0. The van der Waals surface area contributed by atoms with E-state index in [0.717, 1.165) is 44.6 Å². The van der Waals surface area contributed by atoms with Crippen LogP contribution in [0.25, 0.3) is 39.0 Å². The van der Waals surface area contributed by atoms with Gasteiger partial charge in [-0.15, -0.1) is 5.10 Å². The van der Waals surface area contributed by atoms with Crippen LogP contribution in [0.2, 0.25) is 0 Å². The van der Waals surface area contributed by atoms with E-state index >= 15 is 0 Å². The van der Waals surface area contributed by atoms with Crippen LogP contribution < -0.4 is 0 Å². The maximum Gasteiger partial charge on any atom is 0.188 e. The van der Waals surface area contributed by atoms with Crippen LogP contribution in [-0.4, -0.2) is 41.3 Å². The second-order valence-corrected chi connectivity index (χ2v) is 7.16. The molecule has 0 aliphatic carbocycles. The van der Waals surface area contributed by atoms with Gasteiger partial charge in [0.25, 0.3) is 0 Å². The highest BCUT2D eigenvalue weighted by atomic mass is 16.3. The summed E-state index contributed by atoms with van der Waals surface area (Å²) in [6.45, 7) is 0. The van der Waals surface area contributed by atoms with E-state index in [1.165, 1.54) is 0 Å². The van der Waals surface area contributed by atoms with E-state index in [1.54, 1.807) is 35.0 Å². The summed E-state index contributed by atoms with van der Waals surface area (Å²) in [5, 5.41) is 22.6. The lowest BCUT2D eigenvalue weighted by atomic mass is 10.1. The minimum absolute atomic E-state index is 0.201. The molecule has 31 heavy (non-hydrogen) atoms. The first-order valence-corrected chi connectivity index (χ1v) is 9.68. The molecule has 8 heteroatoms. The summed E-state index contributed by atoms with van der Waals surface area (Å²) in [5.74, 6) is 1.01. The van der Waals surface area contributed by atoms with Crippen molar-refractivity contribution in [1.82, 2.24) is 30.0 Å². The average molecular weight is 405 g/mol. The monoisotopic (exact) mass is 405 g/mol. The molecular formula is C23H15N7O. The van der Waals surface area contributed by atoms with Crippen LogP contribution in [0.1, 0.15) is 5.56 Å². The Labute approximate surface area is 175 Å². The molecule has 6 rings (SSSR count).